The summed E-state index contributed by atoms with van der Waals surface area (Å²) in [5.74, 6) is 0. The van der Waals surface area contributed by atoms with Crippen molar-refractivity contribution in [3.63, 3.8) is 0 Å². The van der Waals surface area contributed by atoms with Crippen LogP contribution in [0.25, 0.3) is 0 Å². The largest absolute Gasteiger partial charge is 0.374 e. The zero-order valence-electron chi connectivity index (χ0n) is 4.13. The Balaban J connectivity index is 3.42. The van der Waals surface area contributed by atoms with Crippen molar-refractivity contribution in [2.45, 2.75) is 13.0 Å². The van der Waals surface area contributed by atoms with E-state index in [0.717, 1.165) is 0 Å². The Morgan fingerprint density at radius 3 is 2.57 bits per heavy atom. The number of nitrogens with zero attached hydrogens (tertiary/aromatic N) is 1. The first-order chi connectivity index (χ1) is 3.31. The highest BCUT2D eigenvalue weighted by Gasteiger charge is 1.87. The molecule has 0 aromatic rings. The van der Waals surface area contributed by atoms with Gasteiger partial charge in [0.15, 0.2) is 6.10 Å². The first kappa shape index (κ1) is 6.19. The molecule has 0 aliphatic carbocycles. The molecule has 0 aliphatic rings. The van der Waals surface area contributed by atoms with Crippen molar-refractivity contribution in [2.75, 3.05) is 0 Å². The van der Waals surface area contributed by atoms with Gasteiger partial charge in [-0.05, 0) is 13.0 Å². The fourth-order valence-corrected chi connectivity index (χ4v) is 0.225. The topological polar surface area (TPSA) is 44.0 Å². The van der Waals surface area contributed by atoms with Crippen molar-refractivity contribution >= 4 is 0 Å². The Kier molecular flexibility index (Phi) is 2.99. The van der Waals surface area contributed by atoms with Gasteiger partial charge < -0.3 is 5.11 Å². The summed E-state index contributed by atoms with van der Waals surface area (Å²) in [5.41, 5.74) is 0. The number of aliphatic hydroxyl groups is 1. The molecule has 0 aromatic carbocycles. The fraction of sp³-hybridized carbons (Fsp3) is 0.400. The number of nitriles is 1. The fourth-order valence-electron chi connectivity index (χ4n) is 0.225. The lowest BCUT2D eigenvalue weighted by Gasteiger charge is -1.83. The molecule has 38 valence electrons. The summed E-state index contributed by atoms with van der Waals surface area (Å²) in [6.07, 6.45) is 2.12. The zero-order valence-corrected chi connectivity index (χ0v) is 4.13. The number of hydrogen-bond acceptors (Lipinski definition) is 2. The van der Waals surface area contributed by atoms with Crippen LogP contribution in [0.15, 0.2) is 12.2 Å². The Morgan fingerprint density at radius 2 is 2.43 bits per heavy atom. The minimum Gasteiger partial charge on any atom is -0.374 e. The minimum atomic E-state index is -0.926. The molecule has 0 rings (SSSR count). The number of rotatable bonds is 1. The molecule has 0 spiro atoms. The molecule has 0 amide bonds. The van der Waals surface area contributed by atoms with Gasteiger partial charge in [0.05, 0.1) is 6.07 Å². The minimum absolute atomic E-state index is 0.926. The lowest BCUT2D eigenvalue weighted by molar-refractivity contribution is 0.278. The second-order valence-electron chi connectivity index (χ2n) is 1.10. The van der Waals surface area contributed by atoms with Gasteiger partial charge in [-0.1, -0.05) is 6.08 Å². The summed E-state index contributed by atoms with van der Waals surface area (Å²) in [6, 6.07) is 1.63. The van der Waals surface area contributed by atoms with Crippen LogP contribution in [0.2, 0.25) is 0 Å². The molecule has 0 radical (unpaired) electrons. The van der Waals surface area contributed by atoms with E-state index in [1.165, 1.54) is 6.08 Å². The first-order valence-corrected chi connectivity index (χ1v) is 2.01. The van der Waals surface area contributed by atoms with Gasteiger partial charge in [-0.25, -0.2) is 0 Å². The van der Waals surface area contributed by atoms with E-state index in [4.69, 9.17) is 10.4 Å². The van der Waals surface area contributed by atoms with Crippen LogP contribution in [0.5, 0.6) is 0 Å². The summed E-state index contributed by atoms with van der Waals surface area (Å²) in [7, 11) is 0. The maximum absolute atomic E-state index is 8.41. The Labute approximate surface area is 42.7 Å². The third kappa shape index (κ3) is 3.01. The van der Waals surface area contributed by atoms with Gasteiger partial charge in [0.1, 0.15) is 0 Å². The lowest BCUT2D eigenvalue weighted by Crippen LogP contribution is -1.94. The summed E-state index contributed by atoms with van der Waals surface area (Å²) < 4.78 is 0. The van der Waals surface area contributed by atoms with Gasteiger partial charge in [0, 0.05) is 0 Å². The van der Waals surface area contributed by atoms with E-state index in [9.17, 15) is 0 Å². The maximum Gasteiger partial charge on any atom is 0.159 e. The van der Waals surface area contributed by atoms with Crippen LogP contribution in [-0.2, 0) is 0 Å². The van der Waals surface area contributed by atoms with Crippen molar-refractivity contribution in [3.8, 4) is 6.07 Å². The third-order valence-electron chi connectivity index (χ3n) is 0.507. The van der Waals surface area contributed by atoms with Gasteiger partial charge in [0.25, 0.3) is 0 Å². The van der Waals surface area contributed by atoms with Crippen molar-refractivity contribution < 1.29 is 5.11 Å². The van der Waals surface area contributed by atoms with Gasteiger partial charge in [-0.15, -0.1) is 0 Å². The van der Waals surface area contributed by atoms with Crippen molar-refractivity contribution in [1.29, 1.82) is 5.26 Å². The van der Waals surface area contributed by atoms with Crippen molar-refractivity contribution in [2.24, 2.45) is 0 Å². The van der Waals surface area contributed by atoms with E-state index in [0.29, 0.717) is 0 Å². The van der Waals surface area contributed by atoms with E-state index in [-0.39, 0.29) is 0 Å². The molecule has 0 saturated heterocycles. The molecule has 2 nitrogen and oxygen atoms in total. The molecular formula is C5H7NO. The highest BCUT2D eigenvalue weighted by Crippen LogP contribution is 1.79. The maximum atomic E-state index is 8.41. The van der Waals surface area contributed by atoms with Crippen LogP contribution in [0.4, 0.5) is 0 Å². The SMILES string of the molecule is CC=C[C@H](O)C#N. The van der Waals surface area contributed by atoms with Crippen LogP contribution in [0.1, 0.15) is 6.92 Å². The van der Waals surface area contributed by atoms with E-state index >= 15 is 0 Å². The third-order valence-corrected chi connectivity index (χ3v) is 0.507. The van der Waals surface area contributed by atoms with E-state index in [1.807, 2.05) is 0 Å². The molecular weight excluding hydrogens is 90.1 g/mol. The smallest absolute Gasteiger partial charge is 0.159 e. The van der Waals surface area contributed by atoms with Crippen LogP contribution in [0.3, 0.4) is 0 Å². The highest BCUT2D eigenvalue weighted by atomic mass is 16.3. The van der Waals surface area contributed by atoms with Crippen LogP contribution in [0, 0.1) is 11.3 Å². The van der Waals surface area contributed by atoms with Crippen LogP contribution < -0.4 is 0 Å². The molecule has 0 unspecified atom stereocenters. The average molecular weight is 97.1 g/mol. The van der Waals surface area contributed by atoms with Crippen molar-refractivity contribution in [3.05, 3.63) is 12.2 Å². The summed E-state index contributed by atoms with van der Waals surface area (Å²) >= 11 is 0. The monoisotopic (exact) mass is 97.1 g/mol. The van der Waals surface area contributed by atoms with Gasteiger partial charge in [0.2, 0.25) is 0 Å². The Morgan fingerprint density at radius 1 is 1.86 bits per heavy atom. The standard InChI is InChI=1S/C5H7NO/c1-2-3-5(7)4-6/h2-3,5,7H,1H3/t5-/m0/s1. The van der Waals surface area contributed by atoms with Gasteiger partial charge in [-0.2, -0.15) is 5.26 Å². The van der Waals surface area contributed by atoms with E-state index in [2.05, 4.69) is 0 Å². The average Bonchev–Trinajstić information content (AvgIpc) is 1.68. The molecule has 2 heteroatoms. The molecule has 7 heavy (non-hydrogen) atoms. The van der Waals surface area contributed by atoms with Crippen LogP contribution in [-0.4, -0.2) is 11.2 Å². The molecule has 0 heterocycles. The van der Waals surface area contributed by atoms with Crippen LogP contribution >= 0.6 is 0 Å². The summed E-state index contributed by atoms with van der Waals surface area (Å²) in [6.45, 7) is 1.75. The Hall–Kier alpha value is -0.810. The lowest BCUT2D eigenvalue weighted by atomic mass is 10.4. The van der Waals surface area contributed by atoms with Crippen molar-refractivity contribution in [1.82, 2.24) is 0 Å². The molecule has 0 aliphatic heterocycles. The highest BCUT2D eigenvalue weighted by molar-refractivity contribution is 4.98. The summed E-state index contributed by atoms with van der Waals surface area (Å²) in [4.78, 5) is 0. The molecule has 0 fully saturated rings. The normalized spacial score (nSPS) is 13.9. The number of aliphatic hydroxyl groups excluding tert-OH is 1. The molecule has 1 atom stereocenters. The van der Waals surface area contributed by atoms with E-state index in [1.54, 1.807) is 19.1 Å². The Bertz CT molecular complexity index is 101. The number of hydrogen-bond donors (Lipinski definition) is 1. The number of allylic oxidation sites excluding steroid dienone is 1. The van der Waals surface area contributed by atoms with Gasteiger partial charge >= 0.3 is 0 Å². The molecule has 0 bridgehead atoms. The molecule has 0 saturated carbocycles. The quantitative estimate of drug-likeness (QED) is 0.381. The second-order valence-corrected chi connectivity index (χ2v) is 1.10. The zero-order chi connectivity index (χ0) is 5.70. The molecule has 1 N–H and O–H groups in total. The predicted octanol–water partition coefficient (Wildman–Crippen LogP) is 0.447. The predicted molar refractivity (Wildman–Crippen MR) is 26.4 cm³/mol. The molecule has 0 aromatic heterocycles. The second kappa shape index (κ2) is 3.38. The van der Waals surface area contributed by atoms with Gasteiger partial charge in [-0.3, -0.25) is 0 Å². The first-order valence-electron chi connectivity index (χ1n) is 2.01. The van der Waals surface area contributed by atoms with E-state index < -0.39 is 6.10 Å². The summed E-state index contributed by atoms with van der Waals surface area (Å²) in [5, 5.41) is 16.3.